The highest BCUT2D eigenvalue weighted by Gasteiger charge is 2.27. The number of benzene rings is 2. The molecule has 0 aromatic heterocycles. The number of hydrogen-bond acceptors (Lipinski definition) is 4. The second kappa shape index (κ2) is 4.72. The molecule has 1 heterocycles. The maximum absolute atomic E-state index is 11.4. The normalized spacial score (nSPS) is 17.9. The Morgan fingerprint density at radius 1 is 1.26 bits per heavy atom. The van der Waals surface area contributed by atoms with E-state index in [-0.39, 0.29) is 12.6 Å². The number of carbonyl (C=O) groups is 1. The summed E-state index contributed by atoms with van der Waals surface area (Å²) >= 11 is 0. The number of methoxy groups -OCH3 is 1. The first kappa shape index (κ1) is 11.7. The Balaban J connectivity index is 1.94. The molecule has 3 rings (SSSR count). The second-order valence-corrected chi connectivity index (χ2v) is 4.35. The third kappa shape index (κ3) is 2.17. The van der Waals surface area contributed by atoms with E-state index in [0.29, 0.717) is 5.90 Å². The predicted octanol–water partition coefficient (Wildman–Crippen LogP) is 2.16. The van der Waals surface area contributed by atoms with Crippen LogP contribution in [0.1, 0.15) is 5.56 Å². The lowest BCUT2D eigenvalue weighted by Crippen LogP contribution is -2.21. The standard InChI is InChI=1S/C15H13NO3/c1-18-15(17)13-9-19-14(16-13)12-7-6-10-4-2-3-5-11(10)8-12/h2-8,13H,9H2,1H3/t13-/m1/s1. The largest absolute Gasteiger partial charge is 0.475 e. The molecule has 2 aromatic rings. The first-order chi connectivity index (χ1) is 9.28. The van der Waals surface area contributed by atoms with Crippen molar-refractivity contribution in [2.24, 2.45) is 4.99 Å². The van der Waals surface area contributed by atoms with Gasteiger partial charge in [0.1, 0.15) is 6.61 Å². The van der Waals surface area contributed by atoms with Gasteiger partial charge >= 0.3 is 5.97 Å². The van der Waals surface area contributed by atoms with Crippen LogP contribution >= 0.6 is 0 Å². The molecule has 0 saturated heterocycles. The Morgan fingerprint density at radius 3 is 2.84 bits per heavy atom. The lowest BCUT2D eigenvalue weighted by Gasteiger charge is -2.03. The summed E-state index contributed by atoms with van der Waals surface area (Å²) in [7, 11) is 1.35. The van der Waals surface area contributed by atoms with Crippen LogP contribution in [0, 0.1) is 0 Å². The van der Waals surface area contributed by atoms with Gasteiger partial charge in [-0.05, 0) is 22.9 Å². The summed E-state index contributed by atoms with van der Waals surface area (Å²) in [5, 5.41) is 2.28. The van der Waals surface area contributed by atoms with Gasteiger partial charge in [0.2, 0.25) is 5.90 Å². The van der Waals surface area contributed by atoms with Crippen LogP contribution in [0.15, 0.2) is 47.5 Å². The minimum absolute atomic E-state index is 0.245. The zero-order valence-electron chi connectivity index (χ0n) is 10.5. The van der Waals surface area contributed by atoms with E-state index in [1.54, 1.807) is 0 Å². The van der Waals surface area contributed by atoms with E-state index in [4.69, 9.17) is 4.74 Å². The van der Waals surface area contributed by atoms with Gasteiger partial charge in [0, 0.05) is 5.56 Å². The topological polar surface area (TPSA) is 47.9 Å². The Morgan fingerprint density at radius 2 is 2.05 bits per heavy atom. The summed E-state index contributed by atoms with van der Waals surface area (Å²) < 4.78 is 10.1. The fraction of sp³-hybridized carbons (Fsp3) is 0.200. The number of rotatable bonds is 2. The van der Waals surface area contributed by atoms with Gasteiger partial charge in [-0.3, -0.25) is 0 Å². The smallest absolute Gasteiger partial charge is 0.334 e. The fourth-order valence-electron chi connectivity index (χ4n) is 2.11. The third-order valence-electron chi connectivity index (χ3n) is 3.12. The maximum Gasteiger partial charge on any atom is 0.334 e. The average Bonchev–Trinajstić information content (AvgIpc) is 2.95. The molecule has 0 saturated carbocycles. The SMILES string of the molecule is COC(=O)[C@H]1COC(c2ccc3ccccc3c2)=N1. The number of nitrogens with zero attached hydrogens (tertiary/aromatic N) is 1. The van der Waals surface area contributed by atoms with E-state index in [2.05, 4.69) is 9.73 Å². The monoisotopic (exact) mass is 255 g/mol. The van der Waals surface area contributed by atoms with Crippen molar-refractivity contribution in [1.29, 1.82) is 0 Å². The van der Waals surface area contributed by atoms with Crippen molar-refractivity contribution < 1.29 is 14.3 Å². The van der Waals surface area contributed by atoms with Crippen molar-refractivity contribution in [1.82, 2.24) is 0 Å². The van der Waals surface area contributed by atoms with Crippen molar-refractivity contribution in [2.75, 3.05) is 13.7 Å². The van der Waals surface area contributed by atoms with Crippen molar-refractivity contribution in [3.8, 4) is 0 Å². The van der Waals surface area contributed by atoms with Crippen molar-refractivity contribution >= 4 is 22.6 Å². The molecular weight excluding hydrogens is 242 g/mol. The number of hydrogen-bond donors (Lipinski definition) is 0. The van der Waals surface area contributed by atoms with Gasteiger partial charge in [-0.15, -0.1) is 0 Å². The molecule has 0 unspecified atom stereocenters. The Labute approximate surface area is 110 Å². The Bertz CT molecular complexity index is 663. The lowest BCUT2D eigenvalue weighted by atomic mass is 10.1. The molecule has 0 bridgehead atoms. The summed E-state index contributed by atoms with van der Waals surface area (Å²) in [6, 6.07) is 13.5. The number of ether oxygens (including phenoxy) is 2. The fourth-order valence-corrected chi connectivity index (χ4v) is 2.11. The van der Waals surface area contributed by atoms with E-state index in [9.17, 15) is 4.79 Å². The predicted molar refractivity (Wildman–Crippen MR) is 72.2 cm³/mol. The van der Waals surface area contributed by atoms with E-state index in [0.717, 1.165) is 16.3 Å². The summed E-state index contributed by atoms with van der Waals surface area (Å²) in [6.07, 6.45) is 0. The van der Waals surface area contributed by atoms with Crippen LogP contribution in [0.2, 0.25) is 0 Å². The van der Waals surface area contributed by atoms with Gasteiger partial charge in [0.15, 0.2) is 6.04 Å². The molecule has 1 aliphatic rings. The van der Waals surface area contributed by atoms with Gasteiger partial charge in [-0.1, -0.05) is 30.3 Å². The van der Waals surface area contributed by atoms with Crippen molar-refractivity contribution in [3.05, 3.63) is 48.0 Å². The zero-order chi connectivity index (χ0) is 13.2. The van der Waals surface area contributed by atoms with E-state index < -0.39 is 6.04 Å². The Hall–Kier alpha value is -2.36. The highest BCUT2D eigenvalue weighted by atomic mass is 16.5. The molecule has 0 amide bonds. The second-order valence-electron chi connectivity index (χ2n) is 4.35. The van der Waals surface area contributed by atoms with Gasteiger partial charge in [-0.2, -0.15) is 0 Å². The maximum atomic E-state index is 11.4. The van der Waals surface area contributed by atoms with Crippen LogP contribution in [0.4, 0.5) is 0 Å². The van der Waals surface area contributed by atoms with Gasteiger partial charge in [0.05, 0.1) is 7.11 Å². The number of fused-ring (bicyclic) bond motifs is 1. The highest BCUT2D eigenvalue weighted by molar-refractivity contribution is 6.00. The molecule has 4 heteroatoms. The van der Waals surface area contributed by atoms with Crippen LogP contribution in [0.3, 0.4) is 0 Å². The van der Waals surface area contributed by atoms with Crippen molar-refractivity contribution in [2.45, 2.75) is 6.04 Å². The van der Waals surface area contributed by atoms with Gasteiger partial charge in [0.25, 0.3) is 0 Å². The van der Waals surface area contributed by atoms with Crippen LogP contribution in [-0.4, -0.2) is 31.6 Å². The molecule has 1 atom stereocenters. The minimum Gasteiger partial charge on any atom is -0.475 e. The molecule has 0 N–H and O–H groups in total. The van der Waals surface area contributed by atoms with Gasteiger partial charge < -0.3 is 9.47 Å². The van der Waals surface area contributed by atoms with Crippen LogP contribution in [0.25, 0.3) is 10.8 Å². The molecule has 0 aliphatic carbocycles. The lowest BCUT2D eigenvalue weighted by molar-refractivity contribution is -0.142. The number of esters is 1. The molecule has 4 nitrogen and oxygen atoms in total. The summed E-state index contributed by atoms with van der Waals surface area (Å²) in [5.41, 5.74) is 0.880. The van der Waals surface area contributed by atoms with Crippen LogP contribution in [-0.2, 0) is 14.3 Å². The van der Waals surface area contributed by atoms with E-state index >= 15 is 0 Å². The number of aliphatic imine (C=N–C) groups is 1. The molecular formula is C15H13NO3. The average molecular weight is 255 g/mol. The molecule has 2 aromatic carbocycles. The van der Waals surface area contributed by atoms with Crippen LogP contribution in [0.5, 0.6) is 0 Å². The minimum atomic E-state index is -0.550. The summed E-state index contributed by atoms with van der Waals surface area (Å²) in [6.45, 7) is 0.245. The summed E-state index contributed by atoms with van der Waals surface area (Å²) in [4.78, 5) is 15.6. The molecule has 0 radical (unpaired) electrons. The molecule has 96 valence electrons. The summed E-state index contributed by atoms with van der Waals surface area (Å²) in [5.74, 6) is 0.136. The zero-order valence-corrected chi connectivity index (χ0v) is 10.5. The number of carbonyl (C=O) groups excluding carboxylic acids is 1. The first-order valence-corrected chi connectivity index (χ1v) is 6.05. The van der Waals surface area contributed by atoms with E-state index in [1.807, 2.05) is 42.5 Å². The quantitative estimate of drug-likeness (QED) is 0.772. The Kier molecular flexibility index (Phi) is 2.91. The van der Waals surface area contributed by atoms with E-state index in [1.165, 1.54) is 7.11 Å². The third-order valence-corrected chi connectivity index (χ3v) is 3.12. The van der Waals surface area contributed by atoms with Crippen molar-refractivity contribution in [3.63, 3.8) is 0 Å². The molecule has 0 spiro atoms. The van der Waals surface area contributed by atoms with Crippen LogP contribution < -0.4 is 0 Å². The molecule has 0 fully saturated rings. The highest BCUT2D eigenvalue weighted by Crippen LogP contribution is 2.19. The molecule has 1 aliphatic heterocycles. The molecule has 19 heavy (non-hydrogen) atoms. The first-order valence-electron chi connectivity index (χ1n) is 6.05. The van der Waals surface area contributed by atoms with Gasteiger partial charge in [-0.25, -0.2) is 9.79 Å².